The summed E-state index contributed by atoms with van der Waals surface area (Å²) in [6.45, 7) is 4.90. The van der Waals surface area contributed by atoms with Gasteiger partial charge in [-0.15, -0.1) is 0 Å². The Morgan fingerprint density at radius 1 is 1.46 bits per heavy atom. The molecule has 1 amide bonds. The van der Waals surface area contributed by atoms with E-state index in [2.05, 4.69) is 17.3 Å². The van der Waals surface area contributed by atoms with Crippen molar-refractivity contribution in [1.82, 2.24) is 15.1 Å². The van der Waals surface area contributed by atoms with Crippen LogP contribution in [-0.4, -0.2) is 39.8 Å². The Balaban J connectivity index is 1.73. The number of amides is 1. The number of carbonyl (C=O) groups is 1. The van der Waals surface area contributed by atoms with Crippen molar-refractivity contribution in [3.05, 3.63) is 41.7 Å². The molecule has 6 heteroatoms. The molecule has 1 N–H and O–H groups in total. The number of hydrogen-bond acceptors (Lipinski definition) is 4. The van der Waals surface area contributed by atoms with Gasteiger partial charge in [0, 0.05) is 17.5 Å². The molecule has 1 fully saturated rings. The van der Waals surface area contributed by atoms with Crippen LogP contribution in [0.25, 0.3) is 5.69 Å². The van der Waals surface area contributed by atoms with Crippen molar-refractivity contribution >= 4 is 17.7 Å². The first-order chi connectivity index (χ1) is 11.5. The molecule has 1 atom stereocenters. The molecule has 5 nitrogen and oxygen atoms in total. The average Bonchev–Trinajstić information content (AvgIpc) is 3.22. The lowest BCUT2D eigenvalue weighted by molar-refractivity contribution is 0.0944. The normalized spacial score (nSPS) is 20.1. The quantitative estimate of drug-likeness (QED) is 0.904. The predicted octanol–water partition coefficient (Wildman–Crippen LogP) is 3.20. The molecule has 0 radical (unpaired) electrons. The van der Waals surface area contributed by atoms with Gasteiger partial charge in [0.1, 0.15) is 11.4 Å². The third-order valence-electron chi connectivity index (χ3n) is 4.33. The monoisotopic (exact) mass is 345 g/mol. The summed E-state index contributed by atoms with van der Waals surface area (Å²) >= 11 is 1.93. The number of thioether (sulfide) groups is 1. The molecule has 3 rings (SSSR count). The molecule has 0 unspecified atom stereocenters. The molecule has 0 spiro atoms. The molecule has 1 saturated heterocycles. The van der Waals surface area contributed by atoms with E-state index in [9.17, 15) is 4.79 Å². The maximum absolute atomic E-state index is 12.4. The fourth-order valence-corrected chi connectivity index (χ4v) is 4.14. The molecular formula is C18H23N3O2S. The van der Waals surface area contributed by atoms with Crippen LogP contribution in [0.2, 0.25) is 0 Å². The largest absolute Gasteiger partial charge is 0.494 e. The number of rotatable bonds is 5. The average molecular weight is 345 g/mol. The number of hydrogen-bond donors (Lipinski definition) is 1. The first kappa shape index (κ1) is 16.9. The summed E-state index contributed by atoms with van der Waals surface area (Å²) < 4.78 is 7.23. The lowest BCUT2D eigenvalue weighted by Crippen LogP contribution is -2.36. The van der Waals surface area contributed by atoms with Crippen molar-refractivity contribution in [2.24, 2.45) is 0 Å². The van der Waals surface area contributed by atoms with Crippen LogP contribution in [0.3, 0.4) is 0 Å². The van der Waals surface area contributed by atoms with Crippen molar-refractivity contribution < 1.29 is 9.53 Å². The van der Waals surface area contributed by atoms with Crippen LogP contribution in [0.15, 0.2) is 30.5 Å². The molecule has 2 aromatic rings. The number of nitrogens with one attached hydrogen (secondary N) is 1. The van der Waals surface area contributed by atoms with E-state index >= 15 is 0 Å². The van der Waals surface area contributed by atoms with Gasteiger partial charge in [0.2, 0.25) is 0 Å². The van der Waals surface area contributed by atoms with Gasteiger partial charge in [-0.3, -0.25) is 4.79 Å². The van der Waals surface area contributed by atoms with Gasteiger partial charge in [0.05, 0.1) is 7.11 Å². The summed E-state index contributed by atoms with van der Waals surface area (Å²) in [4.78, 5) is 12.4. The third-order valence-corrected chi connectivity index (χ3v) is 5.86. The number of benzene rings is 1. The van der Waals surface area contributed by atoms with Crippen LogP contribution in [0.1, 0.15) is 35.8 Å². The van der Waals surface area contributed by atoms with Crippen LogP contribution in [0, 0.1) is 6.92 Å². The number of ether oxygens (including phenoxy) is 1. The minimum atomic E-state index is -0.130. The van der Waals surface area contributed by atoms with E-state index < -0.39 is 0 Å². The predicted molar refractivity (Wildman–Crippen MR) is 97.3 cm³/mol. The number of nitrogens with zero attached hydrogens (tertiary/aromatic N) is 2. The molecule has 0 bridgehead atoms. The van der Waals surface area contributed by atoms with Crippen molar-refractivity contribution in [3.63, 3.8) is 0 Å². The molecule has 0 aliphatic carbocycles. The maximum Gasteiger partial charge on any atom is 0.271 e. The summed E-state index contributed by atoms with van der Waals surface area (Å²) in [5, 5.41) is 7.44. The van der Waals surface area contributed by atoms with Gasteiger partial charge in [-0.05, 0) is 56.2 Å². The highest BCUT2D eigenvalue weighted by Crippen LogP contribution is 2.37. The molecule has 2 heterocycles. The van der Waals surface area contributed by atoms with E-state index in [-0.39, 0.29) is 10.7 Å². The summed E-state index contributed by atoms with van der Waals surface area (Å²) in [6, 6.07) is 7.62. The lowest BCUT2D eigenvalue weighted by Gasteiger charge is -2.22. The van der Waals surface area contributed by atoms with Gasteiger partial charge >= 0.3 is 0 Å². The highest BCUT2D eigenvalue weighted by atomic mass is 32.2. The van der Waals surface area contributed by atoms with Gasteiger partial charge in [0.25, 0.3) is 5.91 Å². The number of aromatic nitrogens is 2. The van der Waals surface area contributed by atoms with E-state index in [1.165, 1.54) is 12.2 Å². The third kappa shape index (κ3) is 3.59. The van der Waals surface area contributed by atoms with Gasteiger partial charge < -0.3 is 10.1 Å². The molecule has 24 heavy (non-hydrogen) atoms. The summed E-state index contributed by atoms with van der Waals surface area (Å²) in [6.07, 6.45) is 4.16. The Morgan fingerprint density at radius 3 is 3.00 bits per heavy atom. The second kappa shape index (κ2) is 6.89. The number of aryl methyl sites for hydroxylation is 1. The van der Waals surface area contributed by atoms with E-state index in [0.29, 0.717) is 12.2 Å². The minimum absolute atomic E-state index is 0.130. The van der Waals surface area contributed by atoms with Gasteiger partial charge in [-0.1, -0.05) is 6.07 Å². The van der Waals surface area contributed by atoms with E-state index in [1.54, 1.807) is 24.1 Å². The van der Waals surface area contributed by atoms with Crippen LogP contribution >= 0.6 is 11.8 Å². The first-order valence-corrected chi connectivity index (χ1v) is 9.12. The standard InChI is InChI=1S/C18H23N3O2S/c1-13-5-6-16(23-3)15(11-13)21-9-7-14(20-21)17(22)19-12-18(2)8-4-10-24-18/h5-7,9,11H,4,8,10,12H2,1-3H3,(H,19,22)/t18-/m1/s1. The van der Waals surface area contributed by atoms with Crippen molar-refractivity contribution in [3.8, 4) is 11.4 Å². The van der Waals surface area contributed by atoms with Gasteiger partial charge in [0.15, 0.2) is 5.69 Å². The lowest BCUT2D eigenvalue weighted by atomic mass is 10.1. The molecular weight excluding hydrogens is 322 g/mol. The van der Waals surface area contributed by atoms with Crippen LogP contribution in [0.5, 0.6) is 5.75 Å². The smallest absolute Gasteiger partial charge is 0.271 e. The SMILES string of the molecule is COc1ccc(C)cc1-n1ccc(C(=O)NC[C@@]2(C)CCCS2)n1. The summed E-state index contributed by atoms with van der Waals surface area (Å²) in [5.74, 6) is 1.77. The second-order valence-electron chi connectivity index (χ2n) is 6.41. The Bertz CT molecular complexity index is 736. The molecule has 1 aliphatic heterocycles. The Labute approximate surface area is 146 Å². The fraction of sp³-hybridized carbons (Fsp3) is 0.444. The number of carbonyl (C=O) groups excluding carboxylic acids is 1. The van der Waals surface area contributed by atoms with Crippen molar-refractivity contribution in [2.75, 3.05) is 19.4 Å². The van der Waals surface area contributed by atoms with Crippen molar-refractivity contribution in [1.29, 1.82) is 0 Å². The molecule has 1 aromatic heterocycles. The highest BCUT2D eigenvalue weighted by Gasteiger charge is 2.30. The Hall–Kier alpha value is -1.95. The van der Waals surface area contributed by atoms with E-state index in [1.807, 2.05) is 36.9 Å². The summed E-state index contributed by atoms with van der Waals surface area (Å²) in [5.41, 5.74) is 2.36. The molecule has 1 aromatic carbocycles. The first-order valence-electron chi connectivity index (χ1n) is 8.14. The zero-order valence-electron chi connectivity index (χ0n) is 14.3. The Kier molecular flexibility index (Phi) is 4.85. The Morgan fingerprint density at radius 2 is 2.29 bits per heavy atom. The van der Waals surface area contributed by atoms with Crippen LogP contribution < -0.4 is 10.1 Å². The van der Waals surface area contributed by atoms with Gasteiger partial charge in [-0.2, -0.15) is 16.9 Å². The van der Waals surface area contributed by atoms with E-state index in [4.69, 9.17) is 4.74 Å². The number of methoxy groups -OCH3 is 1. The zero-order chi connectivity index (χ0) is 17.2. The topological polar surface area (TPSA) is 56.1 Å². The molecule has 1 aliphatic rings. The highest BCUT2D eigenvalue weighted by molar-refractivity contribution is 8.00. The second-order valence-corrected chi connectivity index (χ2v) is 8.09. The van der Waals surface area contributed by atoms with Crippen molar-refractivity contribution in [2.45, 2.75) is 31.4 Å². The fourth-order valence-electron chi connectivity index (χ4n) is 2.89. The van der Waals surface area contributed by atoms with Crippen LogP contribution in [-0.2, 0) is 0 Å². The molecule has 128 valence electrons. The van der Waals surface area contributed by atoms with Gasteiger partial charge in [-0.25, -0.2) is 4.68 Å². The zero-order valence-corrected chi connectivity index (χ0v) is 15.2. The molecule has 0 saturated carbocycles. The van der Waals surface area contributed by atoms with E-state index in [0.717, 1.165) is 23.4 Å². The maximum atomic E-state index is 12.4. The summed E-state index contributed by atoms with van der Waals surface area (Å²) in [7, 11) is 1.63. The van der Waals surface area contributed by atoms with Crippen LogP contribution in [0.4, 0.5) is 0 Å². The minimum Gasteiger partial charge on any atom is -0.494 e.